The monoisotopic (exact) mass is 327 g/mol. The zero-order valence-electron chi connectivity index (χ0n) is 13.3. The smallest absolute Gasteiger partial charge is 0.339 e. The molecule has 0 aromatic carbocycles. The van der Waals surface area contributed by atoms with E-state index >= 15 is 0 Å². The maximum Gasteiger partial charge on any atom is 0.339 e. The molecule has 0 aliphatic carbocycles. The first-order valence-electron chi connectivity index (χ1n) is 7.46. The van der Waals surface area contributed by atoms with Gasteiger partial charge in [-0.2, -0.15) is 5.10 Å². The molecule has 0 fully saturated rings. The summed E-state index contributed by atoms with van der Waals surface area (Å²) >= 11 is 0. The molecule has 3 aromatic heterocycles. The van der Waals surface area contributed by atoms with Crippen LogP contribution in [-0.4, -0.2) is 38.4 Å². The van der Waals surface area contributed by atoms with E-state index in [9.17, 15) is 9.59 Å². The molecule has 0 bridgehead atoms. The third kappa shape index (κ3) is 2.85. The highest BCUT2D eigenvalue weighted by Gasteiger charge is 2.20. The van der Waals surface area contributed by atoms with Gasteiger partial charge in [-0.25, -0.2) is 14.6 Å². The second-order valence-electron chi connectivity index (χ2n) is 5.79. The van der Waals surface area contributed by atoms with Gasteiger partial charge in [0.1, 0.15) is 0 Å². The number of primary amides is 1. The van der Waals surface area contributed by atoms with E-state index in [0.717, 1.165) is 5.39 Å². The van der Waals surface area contributed by atoms with Gasteiger partial charge in [-0.3, -0.25) is 9.67 Å². The molecule has 1 amide bonds. The largest absolute Gasteiger partial charge is 0.462 e. The molecule has 0 saturated carbocycles. The van der Waals surface area contributed by atoms with Crippen molar-refractivity contribution in [1.82, 2.24) is 19.7 Å². The number of aromatic nitrogens is 4. The standard InChI is InChI=1S/C16H17N5O3/c1-9(2)8-24-15(22)10-6-12(21(7-10)16(17)23)13-11-4-3-5-18-14(11)20-19-13/h3-7,9H,8H2,1-2H3,(H2,17,23)(H,18,19,20). The SMILES string of the molecule is CC(C)COC(=O)c1cc(-c2[nH]nc3ncccc23)n(C(N)=O)c1. The second kappa shape index (κ2) is 6.15. The van der Waals surface area contributed by atoms with Gasteiger partial charge in [0.25, 0.3) is 0 Å². The van der Waals surface area contributed by atoms with Crippen molar-refractivity contribution in [3.63, 3.8) is 0 Å². The predicted octanol–water partition coefficient (Wildman–Crippen LogP) is 2.17. The van der Waals surface area contributed by atoms with Gasteiger partial charge in [0, 0.05) is 17.8 Å². The van der Waals surface area contributed by atoms with E-state index in [1.54, 1.807) is 18.3 Å². The minimum absolute atomic E-state index is 0.217. The van der Waals surface area contributed by atoms with Crippen LogP contribution in [0.25, 0.3) is 22.4 Å². The Bertz CT molecular complexity index is 909. The summed E-state index contributed by atoms with van der Waals surface area (Å²) in [5.41, 5.74) is 7.16. The number of hydrogen-bond donors (Lipinski definition) is 2. The average molecular weight is 327 g/mol. The minimum Gasteiger partial charge on any atom is -0.462 e. The van der Waals surface area contributed by atoms with Crippen LogP contribution in [-0.2, 0) is 4.74 Å². The summed E-state index contributed by atoms with van der Waals surface area (Å²) in [7, 11) is 0. The first-order valence-corrected chi connectivity index (χ1v) is 7.46. The molecule has 0 aliphatic rings. The third-order valence-corrected chi connectivity index (χ3v) is 3.43. The zero-order valence-corrected chi connectivity index (χ0v) is 13.3. The fraction of sp³-hybridized carbons (Fsp3) is 0.250. The summed E-state index contributed by atoms with van der Waals surface area (Å²) in [6, 6.07) is 4.42. The quantitative estimate of drug-likeness (QED) is 0.712. The summed E-state index contributed by atoms with van der Waals surface area (Å²) in [5.74, 6) is -0.291. The first-order chi connectivity index (χ1) is 11.5. The van der Waals surface area contributed by atoms with Crippen LogP contribution in [0.4, 0.5) is 4.79 Å². The Morgan fingerprint density at radius 1 is 1.42 bits per heavy atom. The van der Waals surface area contributed by atoms with Gasteiger partial charge in [-0.1, -0.05) is 13.8 Å². The Hall–Kier alpha value is -3.16. The molecular formula is C16H17N5O3. The second-order valence-corrected chi connectivity index (χ2v) is 5.79. The molecule has 124 valence electrons. The zero-order chi connectivity index (χ0) is 17.3. The molecule has 0 saturated heterocycles. The molecule has 0 aliphatic heterocycles. The molecule has 0 atom stereocenters. The molecule has 3 N–H and O–H groups in total. The van der Waals surface area contributed by atoms with E-state index in [1.165, 1.54) is 10.8 Å². The summed E-state index contributed by atoms with van der Waals surface area (Å²) in [6.07, 6.45) is 2.98. The van der Waals surface area contributed by atoms with Gasteiger partial charge in [0.2, 0.25) is 0 Å². The van der Waals surface area contributed by atoms with Crippen molar-refractivity contribution in [3.05, 3.63) is 36.2 Å². The number of amides is 1. The van der Waals surface area contributed by atoms with E-state index in [2.05, 4.69) is 15.2 Å². The highest BCUT2D eigenvalue weighted by atomic mass is 16.5. The number of carbonyl (C=O) groups excluding carboxylic acids is 2. The average Bonchev–Trinajstić information content (AvgIpc) is 3.16. The summed E-state index contributed by atoms with van der Waals surface area (Å²) in [5, 5.41) is 7.65. The van der Waals surface area contributed by atoms with Gasteiger partial charge in [-0.15, -0.1) is 0 Å². The van der Waals surface area contributed by atoms with Gasteiger partial charge in [0.15, 0.2) is 5.65 Å². The molecule has 3 rings (SSSR count). The number of aromatic amines is 1. The fourth-order valence-electron chi connectivity index (χ4n) is 2.32. The van der Waals surface area contributed by atoms with Gasteiger partial charge in [0.05, 0.1) is 23.6 Å². The fourth-order valence-corrected chi connectivity index (χ4v) is 2.32. The molecule has 0 radical (unpaired) electrons. The Kier molecular flexibility index (Phi) is 4.03. The van der Waals surface area contributed by atoms with Crippen molar-refractivity contribution in [3.8, 4) is 11.4 Å². The third-order valence-electron chi connectivity index (χ3n) is 3.43. The number of carbonyl (C=O) groups is 2. The van der Waals surface area contributed by atoms with E-state index in [-0.39, 0.29) is 11.5 Å². The van der Waals surface area contributed by atoms with Crippen LogP contribution < -0.4 is 5.73 Å². The number of nitrogens with zero attached hydrogens (tertiary/aromatic N) is 3. The molecule has 8 nitrogen and oxygen atoms in total. The number of H-pyrrole nitrogens is 1. The Morgan fingerprint density at radius 3 is 2.92 bits per heavy atom. The number of nitrogens with one attached hydrogen (secondary N) is 1. The molecule has 3 aromatic rings. The van der Waals surface area contributed by atoms with Crippen molar-refractivity contribution < 1.29 is 14.3 Å². The van der Waals surface area contributed by atoms with Crippen LogP contribution in [0.3, 0.4) is 0 Å². The maximum atomic E-state index is 12.1. The van der Waals surface area contributed by atoms with Crippen LogP contribution in [0, 0.1) is 5.92 Å². The van der Waals surface area contributed by atoms with Crippen molar-refractivity contribution in [2.24, 2.45) is 11.7 Å². The lowest BCUT2D eigenvalue weighted by Gasteiger charge is -2.05. The van der Waals surface area contributed by atoms with Crippen LogP contribution >= 0.6 is 0 Å². The number of hydrogen-bond acceptors (Lipinski definition) is 5. The number of esters is 1. The van der Waals surface area contributed by atoms with Crippen molar-refractivity contribution in [2.75, 3.05) is 6.61 Å². The first kappa shape index (κ1) is 15.7. The molecule has 8 heteroatoms. The van der Waals surface area contributed by atoms with Gasteiger partial charge in [-0.05, 0) is 24.1 Å². The van der Waals surface area contributed by atoms with Crippen LogP contribution in [0.15, 0.2) is 30.6 Å². The van der Waals surface area contributed by atoms with Crippen molar-refractivity contribution in [1.29, 1.82) is 0 Å². The summed E-state index contributed by atoms with van der Waals surface area (Å²) in [6.45, 7) is 4.18. The van der Waals surface area contributed by atoms with Crippen LogP contribution in [0.5, 0.6) is 0 Å². The number of ether oxygens (including phenoxy) is 1. The van der Waals surface area contributed by atoms with Gasteiger partial charge < -0.3 is 10.5 Å². The Morgan fingerprint density at radius 2 is 2.21 bits per heavy atom. The number of pyridine rings is 1. The number of fused-ring (bicyclic) bond motifs is 1. The number of nitrogens with two attached hydrogens (primary N) is 1. The molecule has 24 heavy (non-hydrogen) atoms. The Balaban J connectivity index is 2.04. The van der Waals surface area contributed by atoms with E-state index in [0.29, 0.717) is 23.6 Å². The highest BCUT2D eigenvalue weighted by Crippen LogP contribution is 2.27. The van der Waals surface area contributed by atoms with Crippen molar-refractivity contribution in [2.45, 2.75) is 13.8 Å². The van der Waals surface area contributed by atoms with Gasteiger partial charge >= 0.3 is 12.0 Å². The molecular weight excluding hydrogens is 310 g/mol. The normalized spacial score (nSPS) is 11.1. The minimum atomic E-state index is -0.709. The van der Waals surface area contributed by atoms with Crippen molar-refractivity contribution >= 4 is 23.0 Å². The van der Waals surface area contributed by atoms with E-state index in [4.69, 9.17) is 10.5 Å². The molecule has 0 spiro atoms. The molecule has 0 unspecified atom stereocenters. The highest BCUT2D eigenvalue weighted by molar-refractivity contribution is 5.97. The lowest BCUT2D eigenvalue weighted by molar-refractivity contribution is 0.0459. The lowest BCUT2D eigenvalue weighted by Crippen LogP contribution is -2.19. The van der Waals surface area contributed by atoms with Crippen LogP contribution in [0.1, 0.15) is 24.2 Å². The Labute approximate surface area is 137 Å². The van der Waals surface area contributed by atoms with E-state index < -0.39 is 12.0 Å². The number of rotatable bonds is 4. The summed E-state index contributed by atoms with van der Waals surface area (Å²) < 4.78 is 6.39. The van der Waals surface area contributed by atoms with E-state index in [1.807, 2.05) is 19.9 Å². The maximum absolute atomic E-state index is 12.1. The summed E-state index contributed by atoms with van der Waals surface area (Å²) in [4.78, 5) is 28.0. The van der Waals surface area contributed by atoms with Crippen LogP contribution in [0.2, 0.25) is 0 Å². The molecule has 3 heterocycles. The lowest BCUT2D eigenvalue weighted by atomic mass is 10.2. The predicted molar refractivity (Wildman–Crippen MR) is 87.4 cm³/mol. The topological polar surface area (TPSA) is 116 Å².